The molecule has 0 heterocycles. The van der Waals surface area contributed by atoms with Gasteiger partial charge in [-0.3, -0.25) is 4.79 Å². The van der Waals surface area contributed by atoms with Crippen LogP contribution in [0.25, 0.3) is 0 Å². The minimum absolute atomic E-state index is 0. The summed E-state index contributed by atoms with van der Waals surface area (Å²) in [5.74, 6) is 0.0237. The van der Waals surface area contributed by atoms with Crippen molar-refractivity contribution < 1.29 is 62.3 Å². The van der Waals surface area contributed by atoms with E-state index in [4.69, 9.17) is 4.74 Å². The molecule has 0 rings (SSSR count). The quantitative estimate of drug-likeness (QED) is 0.0663. The van der Waals surface area contributed by atoms with Crippen molar-refractivity contribution in [3.8, 4) is 0 Å². The maximum Gasteiger partial charge on any atom is 1.00 e. The first-order valence-corrected chi connectivity index (χ1v) is 15.0. The molecular formula is C30H61KO2. The molecule has 0 amide bonds. The van der Waals surface area contributed by atoms with E-state index in [0.29, 0.717) is 13.0 Å². The maximum absolute atomic E-state index is 11.8. The average molecular weight is 493 g/mol. The van der Waals surface area contributed by atoms with Gasteiger partial charge in [-0.2, -0.15) is 0 Å². The topological polar surface area (TPSA) is 26.3 Å². The average Bonchev–Trinajstić information content (AvgIpc) is 2.80. The van der Waals surface area contributed by atoms with Gasteiger partial charge in [-0.25, -0.2) is 0 Å². The van der Waals surface area contributed by atoms with Crippen LogP contribution in [0.5, 0.6) is 0 Å². The molecule has 33 heavy (non-hydrogen) atoms. The number of esters is 1. The Hall–Kier alpha value is 1.11. The molecule has 0 fully saturated rings. The van der Waals surface area contributed by atoms with Crippen LogP contribution in [-0.2, 0) is 9.53 Å². The largest absolute Gasteiger partial charge is 1.00 e. The Balaban J connectivity index is -0.00000480. The van der Waals surface area contributed by atoms with E-state index in [2.05, 4.69) is 13.8 Å². The summed E-state index contributed by atoms with van der Waals surface area (Å²) in [5.41, 5.74) is 0. The van der Waals surface area contributed by atoms with Gasteiger partial charge in [0.1, 0.15) is 0 Å². The molecule has 0 N–H and O–H groups in total. The summed E-state index contributed by atoms with van der Waals surface area (Å²) in [5, 5.41) is 0. The standard InChI is InChI=1S/C30H60O2.K.H/c1-3-5-7-9-11-13-15-16-17-18-19-20-22-24-26-28-30(31)32-29-27-25-23-21-14-12-10-8-6-4-2;;/h3-29H2,1-2H3;;/q;+1;-1. The molecule has 0 aromatic rings. The van der Waals surface area contributed by atoms with Gasteiger partial charge in [-0.05, 0) is 12.8 Å². The molecule has 0 atom stereocenters. The molecule has 0 bridgehead atoms. The number of carbonyl (C=O) groups is 1. The minimum atomic E-state index is 0. The molecule has 0 aliphatic carbocycles. The third-order valence-electron chi connectivity index (χ3n) is 6.75. The summed E-state index contributed by atoms with van der Waals surface area (Å²) in [4.78, 5) is 11.8. The number of hydrogen-bond acceptors (Lipinski definition) is 2. The summed E-state index contributed by atoms with van der Waals surface area (Å²) < 4.78 is 5.39. The van der Waals surface area contributed by atoms with Crippen molar-refractivity contribution in [3.05, 3.63) is 0 Å². The monoisotopic (exact) mass is 492 g/mol. The molecule has 0 saturated carbocycles. The van der Waals surface area contributed by atoms with Gasteiger partial charge in [0, 0.05) is 6.42 Å². The van der Waals surface area contributed by atoms with Crippen molar-refractivity contribution >= 4 is 5.97 Å². The number of carbonyl (C=O) groups excluding carboxylic acids is 1. The molecule has 0 aliphatic heterocycles. The minimum Gasteiger partial charge on any atom is -1.00 e. The van der Waals surface area contributed by atoms with Crippen LogP contribution in [0.2, 0.25) is 0 Å². The van der Waals surface area contributed by atoms with E-state index in [1.807, 2.05) is 0 Å². The van der Waals surface area contributed by atoms with E-state index in [-0.39, 0.29) is 58.8 Å². The molecule has 0 aromatic carbocycles. The third kappa shape index (κ3) is 33.1. The molecule has 3 heteroatoms. The SMILES string of the molecule is CCCCCCCCCCCCCCCCCC(=O)OCCCCCCCCCCCC.[H-].[K+]. The van der Waals surface area contributed by atoms with Crippen LogP contribution in [0, 0.1) is 0 Å². The second-order valence-corrected chi connectivity index (χ2v) is 10.1. The van der Waals surface area contributed by atoms with Crippen molar-refractivity contribution in [3.63, 3.8) is 0 Å². The van der Waals surface area contributed by atoms with Crippen molar-refractivity contribution in [1.29, 1.82) is 0 Å². The van der Waals surface area contributed by atoms with Crippen LogP contribution >= 0.6 is 0 Å². The molecule has 194 valence electrons. The van der Waals surface area contributed by atoms with Crippen LogP contribution in [0.3, 0.4) is 0 Å². The fourth-order valence-electron chi connectivity index (χ4n) is 4.49. The third-order valence-corrected chi connectivity index (χ3v) is 6.75. The van der Waals surface area contributed by atoms with Gasteiger partial charge in [-0.1, -0.05) is 162 Å². The molecule has 0 saturated heterocycles. The summed E-state index contributed by atoms with van der Waals surface area (Å²) in [6.45, 7) is 5.19. The first-order valence-electron chi connectivity index (χ1n) is 15.0. The van der Waals surface area contributed by atoms with Gasteiger partial charge in [0.05, 0.1) is 6.61 Å². The maximum atomic E-state index is 11.8. The predicted molar refractivity (Wildman–Crippen MR) is 143 cm³/mol. The second-order valence-electron chi connectivity index (χ2n) is 10.1. The molecule has 0 radical (unpaired) electrons. The Morgan fingerprint density at radius 3 is 1.06 bits per heavy atom. The normalized spacial score (nSPS) is 10.8. The zero-order chi connectivity index (χ0) is 23.4. The zero-order valence-electron chi connectivity index (χ0n) is 24.4. The van der Waals surface area contributed by atoms with Crippen molar-refractivity contribution in [2.24, 2.45) is 0 Å². The van der Waals surface area contributed by atoms with Crippen LogP contribution in [0.1, 0.15) is 182 Å². The number of hydrogen-bond donors (Lipinski definition) is 0. The van der Waals surface area contributed by atoms with Gasteiger partial charge in [0.25, 0.3) is 0 Å². The first kappa shape index (κ1) is 36.3. The van der Waals surface area contributed by atoms with Crippen molar-refractivity contribution in [2.45, 2.75) is 181 Å². The molecule has 2 nitrogen and oxygen atoms in total. The van der Waals surface area contributed by atoms with E-state index in [9.17, 15) is 4.79 Å². The Bertz CT molecular complexity index is 366. The summed E-state index contributed by atoms with van der Waals surface area (Å²) in [6.07, 6.45) is 34.2. The van der Waals surface area contributed by atoms with Gasteiger partial charge < -0.3 is 6.16 Å². The Morgan fingerprint density at radius 2 is 0.727 bits per heavy atom. The van der Waals surface area contributed by atoms with E-state index in [0.717, 1.165) is 12.8 Å². The molecular weight excluding hydrogens is 431 g/mol. The molecule has 0 aromatic heterocycles. The van der Waals surface area contributed by atoms with E-state index in [1.54, 1.807) is 0 Å². The van der Waals surface area contributed by atoms with Crippen LogP contribution in [-0.4, -0.2) is 12.6 Å². The van der Waals surface area contributed by atoms with Crippen LogP contribution in [0.15, 0.2) is 0 Å². The Labute approximate surface area is 253 Å². The van der Waals surface area contributed by atoms with Crippen molar-refractivity contribution in [1.82, 2.24) is 0 Å². The summed E-state index contributed by atoms with van der Waals surface area (Å²) >= 11 is 0. The van der Waals surface area contributed by atoms with Gasteiger partial charge >= 0.3 is 57.4 Å². The van der Waals surface area contributed by atoms with Crippen LogP contribution < -0.4 is 51.4 Å². The molecule has 0 spiro atoms. The number of rotatable bonds is 27. The van der Waals surface area contributed by atoms with Gasteiger partial charge in [0.15, 0.2) is 0 Å². The smallest absolute Gasteiger partial charge is 1.00 e. The molecule has 0 aliphatic rings. The predicted octanol–water partition coefficient (Wildman–Crippen LogP) is 7.83. The fourth-order valence-corrected chi connectivity index (χ4v) is 4.49. The van der Waals surface area contributed by atoms with Crippen LogP contribution in [0.4, 0.5) is 0 Å². The van der Waals surface area contributed by atoms with Crippen molar-refractivity contribution in [2.75, 3.05) is 6.61 Å². The fraction of sp³-hybridized carbons (Fsp3) is 0.967. The van der Waals surface area contributed by atoms with E-state index >= 15 is 0 Å². The molecule has 0 unspecified atom stereocenters. The first-order chi connectivity index (χ1) is 15.8. The Morgan fingerprint density at radius 1 is 0.455 bits per heavy atom. The zero-order valence-corrected chi connectivity index (χ0v) is 26.5. The number of unbranched alkanes of at least 4 members (excludes halogenated alkanes) is 23. The second kappa shape index (κ2) is 33.1. The van der Waals surface area contributed by atoms with E-state index < -0.39 is 0 Å². The van der Waals surface area contributed by atoms with Gasteiger partial charge in [-0.15, -0.1) is 0 Å². The van der Waals surface area contributed by atoms with E-state index in [1.165, 1.54) is 148 Å². The summed E-state index contributed by atoms with van der Waals surface area (Å²) in [7, 11) is 0. The summed E-state index contributed by atoms with van der Waals surface area (Å²) in [6, 6.07) is 0. The number of ether oxygens (including phenoxy) is 1. The Kier molecular flexibility index (Phi) is 36.4. The van der Waals surface area contributed by atoms with Gasteiger partial charge in [0.2, 0.25) is 0 Å².